The van der Waals surface area contributed by atoms with Crippen molar-refractivity contribution < 1.29 is 13.6 Å². The molecule has 0 amide bonds. The maximum Gasteiger partial charge on any atom is 0.192 e. The van der Waals surface area contributed by atoms with Gasteiger partial charge in [-0.1, -0.05) is 78.7 Å². The Morgan fingerprint density at radius 3 is 1.92 bits per heavy atom. The molecule has 0 saturated carbocycles. The van der Waals surface area contributed by atoms with Gasteiger partial charge < -0.3 is 13.6 Å². The Bertz CT molecular complexity index is 1140. The van der Waals surface area contributed by atoms with Crippen LogP contribution in [0, 0.1) is 12.3 Å². The number of allylic oxidation sites excluding steroid dienone is 2. The monoisotopic (exact) mass is 550 g/mol. The SMILES string of the molecule is C#C/C=C(/CC)c1cccc(OCc2ccc(CO[Si](C)(C)C(C)(C)C)c(CO[Si](C)(C)C(C)(C)C)c2)c1. The topological polar surface area (TPSA) is 27.7 Å². The van der Waals surface area contributed by atoms with Crippen molar-refractivity contribution in [2.75, 3.05) is 0 Å². The first-order chi connectivity index (χ1) is 17.5. The maximum absolute atomic E-state index is 6.65. The molecule has 0 saturated heterocycles. The maximum atomic E-state index is 6.65. The Morgan fingerprint density at radius 1 is 0.816 bits per heavy atom. The highest BCUT2D eigenvalue weighted by atomic mass is 28.4. The molecule has 0 aliphatic rings. The van der Waals surface area contributed by atoms with Crippen LogP contribution in [-0.4, -0.2) is 16.6 Å². The van der Waals surface area contributed by atoms with Gasteiger partial charge in [-0.3, -0.25) is 0 Å². The van der Waals surface area contributed by atoms with Crippen molar-refractivity contribution in [1.82, 2.24) is 0 Å². The highest BCUT2D eigenvalue weighted by molar-refractivity contribution is 6.74. The van der Waals surface area contributed by atoms with Crippen LogP contribution in [0.25, 0.3) is 5.57 Å². The molecular formula is C33H50O3Si2. The summed E-state index contributed by atoms with van der Waals surface area (Å²) in [5.74, 6) is 3.48. The lowest BCUT2D eigenvalue weighted by Crippen LogP contribution is -2.41. The van der Waals surface area contributed by atoms with Crippen LogP contribution >= 0.6 is 0 Å². The second kappa shape index (κ2) is 12.8. The Balaban J connectivity index is 2.28. The van der Waals surface area contributed by atoms with Gasteiger partial charge in [-0.05, 0) is 94.8 Å². The molecule has 0 radical (unpaired) electrons. The highest BCUT2D eigenvalue weighted by Crippen LogP contribution is 2.39. The first-order valence-corrected chi connectivity index (χ1v) is 19.6. The van der Waals surface area contributed by atoms with Crippen molar-refractivity contribution in [3.05, 3.63) is 70.8 Å². The van der Waals surface area contributed by atoms with Gasteiger partial charge in [0, 0.05) is 0 Å². The lowest BCUT2D eigenvalue weighted by Gasteiger charge is -2.37. The summed E-state index contributed by atoms with van der Waals surface area (Å²) in [6, 6.07) is 14.7. The molecule has 0 heterocycles. The number of terminal acetylenes is 1. The van der Waals surface area contributed by atoms with E-state index in [1.165, 1.54) is 11.1 Å². The van der Waals surface area contributed by atoms with Crippen LogP contribution < -0.4 is 4.74 Å². The Labute approximate surface area is 235 Å². The highest BCUT2D eigenvalue weighted by Gasteiger charge is 2.38. The van der Waals surface area contributed by atoms with E-state index in [4.69, 9.17) is 20.0 Å². The zero-order valence-corrected chi connectivity index (χ0v) is 27.7. The van der Waals surface area contributed by atoms with E-state index in [0.29, 0.717) is 19.8 Å². The summed E-state index contributed by atoms with van der Waals surface area (Å²) in [7, 11) is -3.77. The van der Waals surface area contributed by atoms with Crippen molar-refractivity contribution in [2.45, 2.75) is 111 Å². The minimum absolute atomic E-state index is 0.155. The molecule has 0 aliphatic carbocycles. The summed E-state index contributed by atoms with van der Waals surface area (Å²) in [6.07, 6.45) is 8.22. The van der Waals surface area contributed by atoms with Gasteiger partial charge in [0.05, 0.1) is 13.2 Å². The average Bonchev–Trinajstić information content (AvgIpc) is 2.82. The fourth-order valence-electron chi connectivity index (χ4n) is 3.44. The predicted molar refractivity (Wildman–Crippen MR) is 168 cm³/mol. The van der Waals surface area contributed by atoms with E-state index in [2.05, 4.69) is 111 Å². The third-order valence-electron chi connectivity index (χ3n) is 8.31. The lowest BCUT2D eigenvalue weighted by atomic mass is 10.0. The molecule has 0 spiro atoms. The number of hydrogen-bond donors (Lipinski definition) is 0. The van der Waals surface area contributed by atoms with E-state index in [1.54, 1.807) is 0 Å². The number of rotatable bonds is 11. The first kappa shape index (κ1) is 32.1. The molecule has 3 nitrogen and oxygen atoms in total. The molecule has 2 aromatic rings. The zero-order valence-electron chi connectivity index (χ0n) is 25.7. The summed E-state index contributed by atoms with van der Waals surface area (Å²) in [5.41, 5.74) is 5.74. The van der Waals surface area contributed by atoms with Gasteiger partial charge in [0.15, 0.2) is 16.6 Å². The molecule has 0 aromatic heterocycles. The molecule has 0 fully saturated rings. The Kier molecular flexibility index (Phi) is 10.8. The minimum Gasteiger partial charge on any atom is -0.489 e. The van der Waals surface area contributed by atoms with Gasteiger partial charge in [0.2, 0.25) is 0 Å². The van der Waals surface area contributed by atoms with Crippen LogP contribution in [0.4, 0.5) is 0 Å². The molecule has 0 aliphatic heterocycles. The fraction of sp³-hybridized carbons (Fsp3) is 0.515. The number of ether oxygens (including phenoxy) is 1. The van der Waals surface area contributed by atoms with Crippen LogP contribution in [0.1, 0.15) is 77.1 Å². The number of benzene rings is 2. The van der Waals surface area contributed by atoms with Gasteiger partial charge in [0.1, 0.15) is 12.4 Å². The van der Waals surface area contributed by atoms with Crippen molar-refractivity contribution >= 4 is 22.2 Å². The standard InChI is InChI=1S/C33H50O3Si2/c1-13-16-27(14-2)28-17-15-18-31(22-28)34-23-26-19-20-29(24-35-37(9,10)32(3,4)5)30(21-26)25-36-38(11,12)33(6,7)8/h1,15-22H,14,23-25H2,2-12H3/b27-16-. The summed E-state index contributed by atoms with van der Waals surface area (Å²) < 4.78 is 19.5. The molecule has 0 atom stereocenters. The van der Waals surface area contributed by atoms with Crippen molar-refractivity contribution in [2.24, 2.45) is 0 Å². The summed E-state index contributed by atoms with van der Waals surface area (Å²) >= 11 is 0. The van der Waals surface area contributed by atoms with Crippen LogP contribution in [0.15, 0.2) is 48.5 Å². The summed E-state index contributed by atoms with van der Waals surface area (Å²) in [6.45, 7) is 26.7. The smallest absolute Gasteiger partial charge is 0.192 e. The minimum atomic E-state index is -1.90. The molecule has 2 aromatic carbocycles. The molecular weight excluding hydrogens is 501 g/mol. The average molecular weight is 551 g/mol. The van der Waals surface area contributed by atoms with Crippen LogP contribution in [0.5, 0.6) is 5.75 Å². The van der Waals surface area contributed by atoms with E-state index in [0.717, 1.165) is 28.9 Å². The summed E-state index contributed by atoms with van der Waals surface area (Å²) in [4.78, 5) is 0. The Morgan fingerprint density at radius 2 is 1.39 bits per heavy atom. The third-order valence-corrected chi connectivity index (χ3v) is 17.3. The largest absolute Gasteiger partial charge is 0.489 e. The van der Waals surface area contributed by atoms with Crippen molar-refractivity contribution in [3.63, 3.8) is 0 Å². The van der Waals surface area contributed by atoms with Gasteiger partial charge in [0.25, 0.3) is 0 Å². The lowest BCUT2D eigenvalue weighted by molar-refractivity contribution is 0.256. The molecule has 0 unspecified atom stereocenters. The van der Waals surface area contributed by atoms with E-state index in [-0.39, 0.29) is 10.1 Å². The third kappa shape index (κ3) is 8.71. The molecule has 5 heteroatoms. The second-order valence-electron chi connectivity index (χ2n) is 13.2. The van der Waals surface area contributed by atoms with E-state index in [1.807, 2.05) is 18.2 Å². The quantitative estimate of drug-likeness (QED) is 0.206. The van der Waals surface area contributed by atoms with Crippen molar-refractivity contribution in [1.29, 1.82) is 0 Å². The first-order valence-electron chi connectivity index (χ1n) is 13.8. The zero-order chi connectivity index (χ0) is 28.8. The number of hydrogen-bond acceptors (Lipinski definition) is 3. The van der Waals surface area contributed by atoms with E-state index >= 15 is 0 Å². The molecule has 0 N–H and O–H groups in total. The Hall–Kier alpha value is -2.11. The van der Waals surface area contributed by atoms with E-state index < -0.39 is 16.6 Å². The fourth-order valence-corrected chi connectivity index (χ4v) is 5.33. The summed E-state index contributed by atoms with van der Waals surface area (Å²) in [5, 5.41) is 0.321. The van der Waals surface area contributed by atoms with Crippen LogP contribution in [0.2, 0.25) is 36.3 Å². The van der Waals surface area contributed by atoms with E-state index in [9.17, 15) is 0 Å². The molecule has 0 bridgehead atoms. The molecule has 2 rings (SSSR count). The van der Waals surface area contributed by atoms with Gasteiger partial charge in [-0.15, -0.1) is 6.42 Å². The molecule has 38 heavy (non-hydrogen) atoms. The second-order valence-corrected chi connectivity index (χ2v) is 22.8. The van der Waals surface area contributed by atoms with Gasteiger partial charge >= 0.3 is 0 Å². The van der Waals surface area contributed by atoms with Crippen molar-refractivity contribution in [3.8, 4) is 18.1 Å². The van der Waals surface area contributed by atoms with Gasteiger partial charge in [-0.2, -0.15) is 0 Å². The van der Waals surface area contributed by atoms with Gasteiger partial charge in [-0.25, -0.2) is 0 Å². The van der Waals surface area contributed by atoms with Crippen LogP contribution in [0.3, 0.4) is 0 Å². The van der Waals surface area contributed by atoms with Crippen LogP contribution in [-0.2, 0) is 28.7 Å². The normalized spacial score (nSPS) is 13.4. The predicted octanol–water partition coefficient (Wildman–Crippen LogP) is 9.74. The molecule has 208 valence electrons.